The van der Waals surface area contributed by atoms with Gasteiger partial charge in [-0.1, -0.05) is 25.1 Å². The fraction of sp³-hybridized carbons (Fsp3) is 0.526. The largest absolute Gasteiger partial charge is 0.342 e. The number of rotatable bonds is 1. The summed E-state index contributed by atoms with van der Waals surface area (Å²) < 4.78 is 2.54. The van der Waals surface area contributed by atoms with Crippen molar-refractivity contribution in [3.8, 4) is 0 Å². The lowest BCUT2D eigenvalue weighted by Gasteiger charge is -2.39. The van der Waals surface area contributed by atoms with Gasteiger partial charge in [-0.3, -0.25) is 4.79 Å². The van der Waals surface area contributed by atoms with Crippen molar-refractivity contribution in [1.29, 1.82) is 0 Å². The normalized spacial score (nSPS) is 29.8. The summed E-state index contributed by atoms with van der Waals surface area (Å²) in [4.78, 5) is 14.8. The smallest absolute Gasteiger partial charge is 0.223 e. The van der Waals surface area contributed by atoms with Crippen molar-refractivity contribution in [2.24, 2.45) is 5.41 Å². The average Bonchev–Trinajstić information content (AvgIpc) is 2.95. The van der Waals surface area contributed by atoms with E-state index in [9.17, 15) is 4.79 Å². The SMILES string of the molecule is CC[C@]12CCCn3c4c(c5ccccc53)CCN(C(=O)C1)[C@H]42. The third kappa shape index (κ3) is 1.35. The van der Waals surface area contributed by atoms with Gasteiger partial charge in [0.15, 0.2) is 0 Å². The van der Waals surface area contributed by atoms with E-state index in [1.165, 1.54) is 35.0 Å². The quantitative estimate of drug-likeness (QED) is 0.788. The van der Waals surface area contributed by atoms with Crippen LogP contribution in [0.15, 0.2) is 24.3 Å². The molecular weight excluding hydrogens is 272 g/mol. The van der Waals surface area contributed by atoms with Crippen molar-refractivity contribution in [1.82, 2.24) is 9.47 Å². The highest BCUT2D eigenvalue weighted by Gasteiger charge is 2.54. The molecule has 1 saturated heterocycles. The van der Waals surface area contributed by atoms with Crippen LogP contribution in [0.3, 0.4) is 0 Å². The highest BCUT2D eigenvalue weighted by atomic mass is 16.2. The first-order valence-corrected chi connectivity index (χ1v) is 8.65. The third-order valence-electron chi connectivity index (χ3n) is 6.46. The molecule has 0 aliphatic carbocycles. The van der Waals surface area contributed by atoms with E-state index in [1.54, 1.807) is 0 Å². The van der Waals surface area contributed by atoms with Gasteiger partial charge in [-0.2, -0.15) is 0 Å². The average molecular weight is 294 g/mol. The molecule has 22 heavy (non-hydrogen) atoms. The minimum atomic E-state index is 0.175. The number of nitrogens with zero attached hydrogens (tertiary/aromatic N) is 2. The van der Waals surface area contributed by atoms with Gasteiger partial charge in [0, 0.05) is 41.5 Å². The molecule has 3 aliphatic rings. The molecule has 3 heteroatoms. The van der Waals surface area contributed by atoms with Gasteiger partial charge < -0.3 is 9.47 Å². The van der Waals surface area contributed by atoms with Crippen LogP contribution in [0.1, 0.15) is 49.9 Å². The van der Waals surface area contributed by atoms with Gasteiger partial charge in [0.25, 0.3) is 0 Å². The van der Waals surface area contributed by atoms with E-state index in [-0.39, 0.29) is 5.41 Å². The molecule has 1 amide bonds. The van der Waals surface area contributed by atoms with E-state index >= 15 is 0 Å². The maximum atomic E-state index is 12.6. The van der Waals surface area contributed by atoms with Gasteiger partial charge >= 0.3 is 0 Å². The summed E-state index contributed by atoms with van der Waals surface area (Å²) in [6, 6.07) is 9.15. The van der Waals surface area contributed by atoms with Crippen molar-refractivity contribution < 1.29 is 4.79 Å². The number of carbonyl (C=O) groups excluding carboxylic acids is 1. The highest BCUT2D eigenvalue weighted by molar-refractivity contribution is 5.88. The van der Waals surface area contributed by atoms with Crippen LogP contribution in [0.4, 0.5) is 0 Å². The molecular formula is C19H22N2O. The first-order chi connectivity index (χ1) is 10.7. The highest BCUT2D eigenvalue weighted by Crippen LogP contribution is 2.57. The number of aromatic nitrogens is 1. The number of para-hydroxylation sites is 1. The lowest BCUT2D eigenvalue weighted by Crippen LogP contribution is -2.38. The fourth-order valence-corrected chi connectivity index (χ4v) is 5.42. The maximum absolute atomic E-state index is 12.6. The first-order valence-electron chi connectivity index (χ1n) is 8.65. The van der Waals surface area contributed by atoms with Crippen molar-refractivity contribution in [3.05, 3.63) is 35.5 Å². The molecule has 0 radical (unpaired) electrons. The Morgan fingerprint density at radius 1 is 1.27 bits per heavy atom. The second kappa shape index (κ2) is 4.15. The van der Waals surface area contributed by atoms with Gasteiger partial charge in [-0.15, -0.1) is 0 Å². The van der Waals surface area contributed by atoms with Gasteiger partial charge in [0.1, 0.15) is 0 Å². The molecule has 3 aliphatic heterocycles. The molecule has 1 aromatic carbocycles. The number of fused-ring (bicyclic) bond motifs is 3. The second-order valence-corrected chi connectivity index (χ2v) is 7.27. The summed E-state index contributed by atoms with van der Waals surface area (Å²) in [5, 5.41) is 1.42. The molecule has 4 heterocycles. The van der Waals surface area contributed by atoms with Crippen LogP contribution in [0.5, 0.6) is 0 Å². The molecule has 1 aromatic heterocycles. The van der Waals surface area contributed by atoms with Crippen molar-refractivity contribution in [2.45, 2.75) is 51.6 Å². The van der Waals surface area contributed by atoms with E-state index in [0.717, 1.165) is 32.4 Å². The van der Waals surface area contributed by atoms with Gasteiger partial charge in [0.05, 0.1) is 6.04 Å². The predicted octanol–water partition coefficient (Wildman–Crippen LogP) is 3.66. The van der Waals surface area contributed by atoms with Crippen LogP contribution in [0.25, 0.3) is 10.9 Å². The molecule has 0 saturated carbocycles. The van der Waals surface area contributed by atoms with E-state index in [0.29, 0.717) is 11.9 Å². The molecule has 114 valence electrons. The van der Waals surface area contributed by atoms with Gasteiger partial charge in [-0.25, -0.2) is 0 Å². The van der Waals surface area contributed by atoms with Crippen LogP contribution in [0.2, 0.25) is 0 Å². The Balaban J connectivity index is 1.86. The van der Waals surface area contributed by atoms with Crippen LogP contribution in [-0.4, -0.2) is 21.9 Å². The standard InChI is InChI=1S/C19H22N2O/c1-2-19-9-5-10-20-15-7-4-3-6-13(15)14-8-11-21(16(22)12-19)18(19)17(14)20/h3-4,6-7,18H,2,5,8-12H2,1H3/t18-,19+/m1/s1. The summed E-state index contributed by atoms with van der Waals surface area (Å²) in [7, 11) is 0. The Hall–Kier alpha value is -1.77. The van der Waals surface area contributed by atoms with E-state index < -0.39 is 0 Å². The van der Waals surface area contributed by atoms with Crippen LogP contribution in [0, 0.1) is 5.41 Å². The maximum Gasteiger partial charge on any atom is 0.223 e. The van der Waals surface area contributed by atoms with Crippen molar-refractivity contribution in [2.75, 3.05) is 6.54 Å². The Bertz CT molecular complexity index is 790. The number of carbonyl (C=O) groups is 1. The van der Waals surface area contributed by atoms with E-state index in [2.05, 4.69) is 40.7 Å². The Morgan fingerprint density at radius 2 is 2.14 bits per heavy atom. The molecule has 2 atom stereocenters. The predicted molar refractivity (Wildman–Crippen MR) is 86.7 cm³/mol. The Labute approximate surface area is 130 Å². The topological polar surface area (TPSA) is 25.2 Å². The number of amides is 1. The summed E-state index contributed by atoms with van der Waals surface area (Å²) in [5.41, 5.74) is 4.54. The van der Waals surface area contributed by atoms with Crippen LogP contribution in [-0.2, 0) is 17.8 Å². The van der Waals surface area contributed by atoms with Gasteiger partial charge in [-0.05, 0) is 37.3 Å². The zero-order chi connectivity index (χ0) is 14.9. The van der Waals surface area contributed by atoms with Crippen LogP contribution < -0.4 is 0 Å². The lowest BCUT2D eigenvalue weighted by molar-refractivity contribution is -0.129. The molecule has 0 bridgehead atoms. The van der Waals surface area contributed by atoms with Crippen molar-refractivity contribution in [3.63, 3.8) is 0 Å². The molecule has 2 aromatic rings. The summed E-state index contributed by atoms with van der Waals surface area (Å²) in [6.07, 6.45) is 5.27. The minimum absolute atomic E-state index is 0.175. The summed E-state index contributed by atoms with van der Waals surface area (Å²) in [6.45, 7) is 4.30. The molecule has 3 nitrogen and oxygen atoms in total. The summed E-state index contributed by atoms with van der Waals surface area (Å²) >= 11 is 0. The first kappa shape index (κ1) is 12.7. The molecule has 5 rings (SSSR count). The number of aryl methyl sites for hydroxylation is 1. The Morgan fingerprint density at radius 3 is 3.00 bits per heavy atom. The zero-order valence-corrected chi connectivity index (χ0v) is 13.1. The molecule has 0 unspecified atom stereocenters. The zero-order valence-electron chi connectivity index (χ0n) is 13.1. The second-order valence-electron chi connectivity index (χ2n) is 7.27. The monoisotopic (exact) mass is 294 g/mol. The number of hydrogen-bond donors (Lipinski definition) is 0. The molecule has 1 fully saturated rings. The number of hydrogen-bond acceptors (Lipinski definition) is 1. The minimum Gasteiger partial charge on any atom is -0.342 e. The fourth-order valence-electron chi connectivity index (χ4n) is 5.42. The van der Waals surface area contributed by atoms with Gasteiger partial charge in [0.2, 0.25) is 5.91 Å². The van der Waals surface area contributed by atoms with E-state index in [1.807, 2.05) is 0 Å². The third-order valence-corrected chi connectivity index (χ3v) is 6.46. The Kier molecular flexibility index (Phi) is 2.41. The molecule has 0 N–H and O–H groups in total. The van der Waals surface area contributed by atoms with E-state index in [4.69, 9.17) is 0 Å². The summed E-state index contributed by atoms with van der Waals surface area (Å²) in [5.74, 6) is 0.385. The van der Waals surface area contributed by atoms with Crippen LogP contribution >= 0.6 is 0 Å². The van der Waals surface area contributed by atoms with Crippen molar-refractivity contribution >= 4 is 16.8 Å². The lowest BCUT2D eigenvalue weighted by atomic mass is 9.72. The number of benzene rings is 1. The molecule has 0 spiro atoms.